The van der Waals surface area contributed by atoms with E-state index >= 15 is 0 Å². The molecule has 0 spiro atoms. The Morgan fingerprint density at radius 2 is 1.67 bits per heavy atom. The highest BCUT2D eigenvalue weighted by atomic mass is 19.4. The summed E-state index contributed by atoms with van der Waals surface area (Å²) in [6, 6.07) is 5.11. The number of halogens is 6. The number of nitrogens with two attached hydrogens (primary N) is 1. The van der Waals surface area contributed by atoms with E-state index in [1.165, 1.54) is 0 Å². The van der Waals surface area contributed by atoms with E-state index in [0.29, 0.717) is 6.42 Å². The molecular weight excluding hydrogens is 298 g/mol. The van der Waals surface area contributed by atoms with Crippen molar-refractivity contribution in [1.82, 2.24) is 5.43 Å². The average Bonchev–Trinajstić information content (AvgIpc) is 2.31. The van der Waals surface area contributed by atoms with Gasteiger partial charge in [-0.25, -0.2) is 0 Å². The van der Waals surface area contributed by atoms with E-state index in [9.17, 15) is 26.3 Å². The lowest BCUT2D eigenvalue weighted by Gasteiger charge is -2.36. The van der Waals surface area contributed by atoms with Crippen molar-refractivity contribution >= 4 is 0 Å². The molecule has 0 saturated carbocycles. The van der Waals surface area contributed by atoms with Gasteiger partial charge < -0.3 is 0 Å². The van der Waals surface area contributed by atoms with Crippen molar-refractivity contribution in [3.8, 4) is 0 Å². The lowest BCUT2D eigenvalue weighted by Crippen LogP contribution is -2.54. The second-order valence-corrected chi connectivity index (χ2v) is 5.17. The van der Waals surface area contributed by atoms with Gasteiger partial charge in [-0.1, -0.05) is 24.3 Å². The standard InChI is InChI=1S/C13H14F6N2/c14-12(15,16)11(13(17,18)19)10(21-20)6-8-5-7-3-1-2-4-9(7)8/h1-4,8,10-11,21H,5-6,20H2. The first-order chi connectivity index (χ1) is 9.64. The van der Waals surface area contributed by atoms with Gasteiger partial charge >= 0.3 is 12.4 Å². The van der Waals surface area contributed by atoms with Gasteiger partial charge in [0.2, 0.25) is 0 Å². The number of benzene rings is 1. The largest absolute Gasteiger partial charge is 0.402 e. The van der Waals surface area contributed by atoms with Crippen LogP contribution in [0.1, 0.15) is 23.5 Å². The molecule has 0 bridgehead atoms. The van der Waals surface area contributed by atoms with Crippen molar-refractivity contribution in [2.75, 3.05) is 0 Å². The van der Waals surface area contributed by atoms with Crippen LogP contribution in [0.2, 0.25) is 0 Å². The van der Waals surface area contributed by atoms with E-state index in [4.69, 9.17) is 5.84 Å². The molecular formula is C13H14F6N2. The van der Waals surface area contributed by atoms with Gasteiger partial charge in [-0.05, 0) is 29.9 Å². The lowest BCUT2D eigenvalue weighted by atomic mass is 9.73. The zero-order valence-corrected chi connectivity index (χ0v) is 10.8. The molecule has 2 unspecified atom stereocenters. The molecule has 2 atom stereocenters. The quantitative estimate of drug-likeness (QED) is 0.509. The molecule has 0 aliphatic heterocycles. The third-order valence-corrected chi connectivity index (χ3v) is 3.82. The number of alkyl halides is 6. The normalized spacial score (nSPS) is 20.1. The van der Waals surface area contributed by atoms with Gasteiger partial charge in [-0.2, -0.15) is 26.3 Å². The van der Waals surface area contributed by atoms with E-state index in [-0.39, 0.29) is 12.3 Å². The topological polar surface area (TPSA) is 38.0 Å². The number of fused-ring (bicyclic) bond motifs is 1. The Kier molecular flexibility index (Phi) is 4.21. The molecule has 0 amide bonds. The van der Waals surface area contributed by atoms with Crippen LogP contribution in [-0.2, 0) is 6.42 Å². The van der Waals surface area contributed by atoms with Crippen LogP contribution in [0.25, 0.3) is 0 Å². The van der Waals surface area contributed by atoms with Crippen molar-refractivity contribution in [3.05, 3.63) is 35.4 Å². The molecule has 1 aromatic carbocycles. The van der Waals surface area contributed by atoms with Crippen molar-refractivity contribution in [3.63, 3.8) is 0 Å². The summed E-state index contributed by atoms with van der Waals surface area (Å²) in [5, 5.41) is 0. The summed E-state index contributed by atoms with van der Waals surface area (Å²) in [5.41, 5.74) is 3.45. The van der Waals surface area contributed by atoms with Gasteiger partial charge in [0.15, 0.2) is 5.92 Å². The first kappa shape index (κ1) is 16.1. The van der Waals surface area contributed by atoms with Gasteiger partial charge in [0, 0.05) is 6.04 Å². The van der Waals surface area contributed by atoms with Gasteiger partial charge in [0.1, 0.15) is 0 Å². The first-order valence-corrected chi connectivity index (χ1v) is 6.32. The maximum absolute atomic E-state index is 12.7. The third-order valence-electron chi connectivity index (χ3n) is 3.82. The number of rotatable bonds is 4. The summed E-state index contributed by atoms with van der Waals surface area (Å²) < 4.78 is 76.2. The summed E-state index contributed by atoms with van der Waals surface area (Å²) in [6.45, 7) is 0. The molecule has 0 aromatic heterocycles. The highest BCUT2D eigenvalue weighted by Gasteiger charge is 2.60. The predicted octanol–water partition coefficient (Wildman–Crippen LogP) is 3.29. The van der Waals surface area contributed by atoms with Crippen molar-refractivity contribution in [2.45, 2.75) is 37.2 Å². The maximum atomic E-state index is 12.7. The number of nitrogens with one attached hydrogen (secondary N) is 1. The fourth-order valence-electron chi connectivity index (χ4n) is 2.82. The highest BCUT2D eigenvalue weighted by Crippen LogP contribution is 2.45. The second kappa shape index (κ2) is 5.49. The highest BCUT2D eigenvalue weighted by molar-refractivity contribution is 5.40. The minimum atomic E-state index is -5.39. The van der Waals surface area contributed by atoms with Crippen LogP contribution >= 0.6 is 0 Å². The third kappa shape index (κ3) is 3.32. The Balaban J connectivity index is 2.16. The maximum Gasteiger partial charge on any atom is 0.402 e. The van der Waals surface area contributed by atoms with Crippen LogP contribution in [0.15, 0.2) is 24.3 Å². The summed E-state index contributed by atoms with van der Waals surface area (Å²) in [7, 11) is 0. The smallest absolute Gasteiger partial charge is 0.271 e. The van der Waals surface area contributed by atoms with Gasteiger partial charge in [0.25, 0.3) is 0 Å². The lowest BCUT2D eigenvalue weighted by molar-refractivity contribution is -0.292. The molecule has 1 aliphatic rings. The van der Waals surface area contributed by atoms with Gasteiger partial charge in [-0.15, -0.1) is 0 Å². The fraction of sp³-hybridized carbons (Fsp3) is 0.538. The Hall–Kier alpha value is -1.28. The van der Waals surface area contributed by atoms with Crippen LogP contribution < -0.4 is 11.3 Å². The molecule has 0 radical (unpaired) electrons. The second-order valence-electron chi connectivity index (χ2n) is 5.17. The molecule has 2 rings (SSSR count). The summed E-state index contributed by atoms with van der Waals surface area (Å²) in [4.78, 5) is 0. The molecule has 3 N–H and O–H groups in total. The van der Waals surface area contributed by atoms with Crippen LogP contribution in [0.4, 0.5) is 26.3 Å². The van der Waals surface area contributed by atoms with Crippen molar-refractivity contribution < 1.29 is 26.3 Å². The Labute approximate surface area is 117 Å². The van der Waals surface area contributed by atoms with Crippen molar-refractivity contribution in [2.24, 2.45) is 11.8 Å². The molecule has 0 saturated heterocycles. The van der Waals surface area contributed by atoms with Crippen LogP contribution in [0, 0.1) is 5.92 Å². The SMILES string of the molecule is NNC(CC1Cc2ccccc21)C(C(F)(F)F)C(F)(F)F. The number of hydrogen-bond donors (Lipinski definition) is 2. The van der Waals surface area contributed by atoms with Gasteiger partial charge in [-0.3, -0.25) is 11.3 Å². The first-order valence-electron chi connectivity index (χ1n) is 6.32. The average molecular weight is 312 g/mol. The minimum Gasteiger partial charge on any atom is -0.271 e. The summed E-state index contributed by atoms with van der Waals surface area (Å²) >= 11 is 0. The molecule has 8 heteroatoms. The van der Waals surface area contributed by atoms with Crippen LogP contribution in [0.5, 0.6) is 0 Å². The number of hydrogen-bond acceptors (Lipinski definition) is 2. The van der Waals surface area contributed by atoms with Crippen LogP contribution in [-0.4, -0.2) is 18.4 Å². The fourth-order valence-corrected chi connectivity index (χ4v) is 2.82. The summed E-state index contributed by atoms with van der Waals surface area (Å²) in [5.74, 6) is 1.16. The van der Waals surface area contributed by atoms with E-state index in [1.54, 1.807) is 23.6 Å². The molecule has 0 heterocycles. The summed E-state index contributed by atoms with van der Waals surface area (Å²) in [6.07, 6.45) is -10.6. The Morgan fingerprint density at radius 3 is 2.14 bits per heavy atom. The molecule has 0 fully saturated rings. The Morgan fingerprint density at radius 1 is 1.10 bits per heavy atom. The van der Waals surface area contributed by atoms with E-state index in [2.05, 4.69) is 0 Å². The number of hydrazine groups is 1. The van der Waals surface area contributed by atoms with Crippen LogP contribution in [0.3, 0.4) is 0 Å². The van der Waals surface area contributed by atoms with Crippen molar-refractivity contribution in [1.29, 1.82) is 0 Å². The zero-order valence-electron chi connectivity index (χ0n) is 10.8. The molecule has 2 nitrogen and oxygen atoms in total. The minimum absolute atomic E-state index is 0.308. The van der Waals surface area contributed by atoms with E-state index in [0.717, 1.165) is 11.1 Å². The van der Waals surface area contributed by atoms with E-state index in [1.807, 2.05) is 6.07 Å². The van der Waals surface area contributed by atoms with Gasteiger partial charge in [0.05, 0.1) is 0 Å². The Bertz CT molecular complexity index is 482. The molecule has 21 heavy (non-hydrogen) atoms. The zero-order chi connectivity index (χ0) is 15.8. The van der Waals surface area contributed by atoms with E-state index < -0.39 is 24.3 Å². The molecule has 1 aromatic rings. The molecule has 118 valence electrons. The molecule has 1 aliphatic carbocycles. The predicted molar refractivity (Wildman–Crippen MR) is 64.2 cm³/mol. The monoisotopic (exact) mass is 312 g/mol.